The van der Waals surface area contributed by atoms with E-state index in [9.17, 15) is 0 Å². The zero-order valence-corrected chi connectivity index (χ0v) is 17.3. The van der Waals surface area contributed by atoms with Crippen molar-refractivity contribution in [2.75, 3.05) is 26.8 Å². The van der Waals surface area contributed by atoms with E-state index in [0.29, 0.717) is 12.1 Å². The smallest absolute Gasteiger partial charge is 0.0635 e. The zero-order chi connectivity index (χ0) is 18.5. The minimum atomic E-state index is 0. The molecule has 1 saturated heterocycles. The lowest BCUT2D eigenvalue weighted by atomic mass is 9.97. The van der Waals surface area contributed by atoms with Gasteiger partial charge in [0.15, 0.2) is 0 Å². The van der Waals surface area contributed by atoms with Crippen molar-refractivity contribution in [2.45, 2.75) is 31.5 Å². The van der Waals surface area contributed by atoms with Crippen LogP contribution in [0.4, 0.5) is 0 Å². The summed E-state index contributed by atoms with van der Waals surface area (Å²) in [6, 6.07) is 20.1. The second kappa shape index (κ2) is 10.1. The normalized spacial score (nSPS) is 18.1. The van der Waals surface area contributed by atoms with E-state index in [0.717, 1.165) is 39.1 Å². The Balaban J connectivity index is 0.00000225. The van der Waals surface area contributed by atoms with E-state index < -0.39 is 0 Å². The van der Waals surface area contributed by atoms with Crippen LogP contribution in [0.3, 0.4) is 0 Å². The summed E-state index contributed by atoms with van der Waals surface area (Å²) in [7, 11) is 2.24. The lowest BCUT2D eigenvalue weighted by Crippen LogP contribution is -2.54. The van der Waals surface area contributed by atoms with Gasteiger partial charge in [-0.25, -0.2) is 0 Å². The summed E-state index contributed by atoms with van der Waals surface area (Å²) in [5, 5.41) is 5.02. The lowest BCUT2D eigenvalue weighted by molar-refractivity contribution is 0.0371. The fourth-order valence-electron chi connectivity index (χ4n) is 4.19. The molecule has 3 aromatic rings. The number of aryl methyl sites for hydroxylation is 1. The van der Waals surface area contributed by atoms with E-state index in [1.807, 2.05) is 0 Å². The molecule has 1 aliphatic heterocycles. The van der Waals surface area contributed by atoms with E-state index in [2.05, 4.69) is 83.0 Å². The largest absolute Gasteiger partial charge is 0.378 e. The lowest BCUT2D eigenvalue weighted by Gasteiger charge is -2.37. The molecular formula is C23H30ClN3O. The summed E-state index contributed by atoms with van der Waals surface area (Å²) in [6.45, 7) is 3.50. The highest BCUT2D eigenvalue weighted by Crippen LogP contribution is 2.22. The molecule has 2 unspecified atom stereocenters. The first-order valence-electron chi connectivity index (χ1n) is 9.91. The molecule has 0 amide bonds. The van der Waals surface area contributed by atoms with Crippen LogP contribution in [0.5, 0.6) is 0 Å². The number of morpholine rings is 1. The molecule has 4 nitrogen and oxygen atoms in total. The quantitative estimate of drug-likeness (QED) is 0.630. The molecule has 150 valence electrons. The molecule has 2 heterocycles. The number of likely N-dealkylation sites (N-methyl/N-ethyl adjacent to an activating group) is 1. The van der Waals surface area contributed by atoms with Gasteiger partial charge in [-0.1, -0.05) is 48.5 Å². The molecule has 0 saturated carbocycles. The third-order valence-corrected chi connectivity index (χ3v) is 5.64. The zero-order valence-electron chi connectivity index (χ0n) is 16.4. The first-order chi connectivity index (χ1) is 13.3. The average Bonchev–Trinajstić information content (AvgIpc) is 3.13. The molecule has 0 bridgehead atoms. The first-order valence-corrected chi connectivity index (χ1v) is 9.91. The Hall–Kier alpha value is -1.85. The highest BCUT2D eigenvalue weighted by Gasteiger charge is 2.27. The summed E-state index contributed by atoms with van der Waals surface area (Å²) in [6.07, 6.45) is 4.34. The number of benzene rings is 2. The minimum Gasteiger partial charge on any atom is -0.378 e. The molecule has 2 aromatic carbocycles. The number of nitrogens with one attached hydrogen (secondary N) is 2. The number of fused-ring (bicyclic) bond motifs is 1. The standard InChI is InChI=1S/C23H29N3O.ClH/c1-26(16-18-7-3-2-4-8-18)23(22-17-27-14-13-24-22)12-11-19-15-25-21-10-6-5-9-20(19)21;/h2-10,15,22-25H,11-14,16-17H2,1H3;1H. The minimum absolute atomic E-state index is 0. The molecule has 28 heavy (non-hydrogen) atoms. The van der Waals surface area contributed by atoms with Crippen molar-refractivity contribution >= 4 is 23.3 Å². The average molecular weight is 400 g/mol. The SMILES string of the molecule is CN(Cc1ccccc1)C(CCc1c[nH]c2ccccc12)C1COCCN1.Cl. The fourth-order valence-corrected chi connectivity index (χ4v) is 4.19. The Morgan fingerprint density at radius 1 is 1.11 bits per heavy atom. The topological polar surface area (TPSA) is 40.3 Å². The van der Waals surface area contributed by atoms with E-state index in [-0.39, 0.29) is 12.4 Å². The predicted molar refractivity (Wildman–Crippen MR) is 118 cm³/mol. The van der Waals surface area contributed by atoms with E-state index in [1.165, 1.54) is 22.0 Å². The van der Waals surface area contributed by atoms with Crippen molar-refractivity contribution in [3.8, 4) is 0 Å². The number of halogens is 1. The van der Waals surface area contributed by atoms with Crippen LogP contribution in [0.2, 0.25) is 0 Å². The van der Waals surface area contributed by atoms with E-state index in [4.69, 9.17) is 4.74 Å². The predicted octanol–water partition coefficient (Wildman–Crippen LogP) is 4.01. The van der Waals surface area contributed by atoms with Crippen molar-refractivity contribution in [3.05, 3.63) is 71.9 Å². The molecule has 2 N–H and O–H groups in total. The number of para-hydroxylation sites is 1. The van der Waals surface area contributed by atoms with E-state index in [1.54, 1.807) is 0 Å². The van der Waals surface area contributed by atoms with Crippen LogP contribution < -0.4 is 5.32 Å². The summed E-state index contributed by atoms with van der Waals surface area (Å²) in [4.78, 5) is 5.89. The van der Waals surface area contributed by atoms with Gasteiger partial charge in [-0.2, -0.15) is 0 Å². The number of aromatic amines is 1. The molecule has 1 aliphatic rings. The van der Waals surface area contributed by atoms with Gasteiger partial charge in [-0.05, 0) is 37.1 Å². The van der Waals surface area contributed by atoms with Gasteiger partial charge in [-0.3, -0.25) is 4.90 Å². The Morgan fingerprint density at radius 2 is 1.89 bits per heavy atom. The summed E-state index contributed by atoms with van der Waals surface area (Å²) in [5.41, 5.74) is 3.98. The van der Waals surface area contributed by atoms with Crippen LogP contribution in [0, 0.1) is 0 Å². The molecule has 5 heteroatoms. The fraction of sp³-hybridized carbons (Fsp3) is 0.391. The molecule has 0 aliphatic carbocycles. The number of H-pyrrole nitrogens is 1. The van der Waals surface area contributed by atoms with Gasteiger partial charge in [0.1, 0.15) is 0 Å². The monoisotopic (exact) mass is 399 g/mol. The van der Waals surface area contributed by atoms with Gasteiger partial charge in [0.25, 0.3) is 0 Å². The molecule has 0 spiro atoms. The molecular weight excluding hydrogens is 370 g/mol. The van der Waals surface area contributed by atoms with Crippen LogP contribution in [-0.2, 0) is 17.7 Å². The number of aromatic nitrogens is 1. The molecule has 4 rings (SSSR count). The first kappa shape index (κ1) is 20.9. The molecule has 1 fully saturated rings. The number of hydrogen-bond acceptors (Lipinski definition) is 3. The van der Waals surface area contributed by atoms with Crippen LogP contribution in [0.15, 0.2) is 60.8 Å². The maximum Gasteiger partial charge on any atom is 0.0635 e. The Bertz CT molecular complexity index is 845. The maximum atomic E-state index is 5.78. The van der Waals surface area contributed by atoms with Crippen LogP contribution in [0.25, 0.3) is 10.9 Å². The molecule has 1 aromatic heterocycles. The molecule has 2 atom stereocenters. The second-order valence-electron chi connectivity index (χ2n) is 7.50. The Morgan fingerprint density at radius 3 is 2.68 bits per heavy atom. The Kier molecular flexibility index (Phi) is 7.51. The number of rotatable bonds is 7. The third-order valence-electron chi connectivity index (χ3n) is 5.64. The Labute approximate surface area is 173 Å². The number of hydrogen-bond donors (Lipinski definition) is 2. The number of nitrogens with zero attached hydrogens (tertiary/aromatic N) is 1. The van der Waals surface area contributed by atoms with Crippen LogP contribution in [0.1, 0.15) is 17.5 Å². The maximum absolute atomic E-state index is 5.78. The van der Waals surface area contributed by atoms with Gasteiger partial charge in [0.2, 0.25) is 0 Å². The van der Waals surface area contributed by atoms with Crippen LogP contribution in [-0.4, -0.2) is 48.8 Å². The second-order valence-corrected chi connectivity index (χ2v) is 7.50. The van der Waals surface area contributed by atoms with Crippen molar-refractivity contribution in [1.29, 1.82) is 0 Å². The van der Waals surface area contributed by atoms with Crippen molar-refractivity contribution in [3.63, 3.8) is 0 Å². The highest BCUT2D eigenvalue weighted by atomic mass is 35.5. The van der Waals surface area contributed by atoms with Gasteiger partial charge in [-0.15, -0.1) is 12.4 Å². The van der Waals surface area contributed by atoms with Gasteiger partial charge < -0.3 is 15.0 Å². The summed E-state index contributed by atoms with van der Waals surface area (Å²) < 4.78 is 5.78. The molecule has 0 radical (unpaired) electrons. The van der Waals surface area contributed by atoms with Crippen LogP contribution >= 0.6 is 12.4 Å². The number of ether oxygens (including phenoxy) is 1. The van der Waals surface area contributed by atoms with Crippen molar-refractivity contribution in [2.24, 2.45) is 0 Å². The third kappa shape index (κ3) is 4.95. The van der Waals surface area contributed by atoms with E-state index >= 15 is 0 Å². The van der Waals surface area contributed by atoms with Crippen molar-refractivity contribution < 1.29 is 4.74 Å². The summed E-state index contributed by atoms with van der Waals surface area (Å²) in [5.74, 6) is 0. The van der Waals surface area contributed by atoms with Gasteiger partial charge >= 0.3 is 0 Å². The highest BCUT2D eigenvalue weighted by molar-refractivity contribution is 5.85. The van der Waals surface area contributed by atoms with Crippen molar-refractivity contribution in [1.82, 2.24) is 15.2 Å². The van der Waals surface area contributed by atoms with Gasteiger partial charge in [0.05, 0.1) is 13.2 Å². The van der Waals surface area contributed by atoms with Gasteiger partial charge in [0, 0.05) is 42.3 Å². The summed E-state index contributed by atoms with van der Waals surface area (Å²) >= 11 is 0.